The van der Waals surface area contributed by atoms with Crippen LogP contribution < -0.4 is 9.47 Å². The van der Waals surface area contributed by atoms with E-state index in [0.717, 1.165) is 32.9 Å². The zero-order valence-electron chi connectivity index (χ0n) is 18.7. The third-order valence-electron chi connectivity index (χ3n) is 5.23. The molecule has 7 heteroatoms. The maximum absolute atomic E-state index is 12.9. The van der Waals surface area contributed by atoms with Crippen molar-refractivity contribution in [2.75, 3.05) is 13.2 Å². The lowest BCUT2D eigenvalue weighted by Crippen LogP contribution is -2.30. The minimum absolute atomic E-state index is 0.254. The van der Waals surface area contributed by atoms with Crippen molar-refractivity contribution in [1.82, 2.24) is 4.90 Å². The molecule has 1 saturated heterocycles. The van der Waals surface area contributed by atoms with E-state index in [-0.39, 0.29) is 11.1 Å². The highest BCUT2D eigenvalue weighted by Crippen LogP contribution is 2.38. The highest BCUT2D eigenvalue weighted by atomic mass is 79.9. The molecular weight excluding hydrogens is 514 g/mol. The van der Waals surface area contributed by atoms with E-state index in [4.69, 9.17) is 9.47 Å². The molecule has 0 aromatic heterocycles. The fourth-order valence-corrected chi connectivity index (χ4v) is 4.79. The Morgan fingerprint density at radius 1 is 0.912 bits per heavy atom. The Balaban J connectivity index is 1.51. The number of ether oxygens (including phenoxy) is 2. The maximum Gasteiger partial charge on any atom is 0.293 e. The van der Waals surface area contributed by atoms with Crippen LogP contribution in [0.1, 0.15) is 23.6 Å². The number of nitrogens with zero attached hydrogens (tertiary/aromatic N) is 1. The zero-order valence-corrected chi connectivity index (χ0v) is 21.1. The summed E-state index contributed by atoms with van der Waals surface area (Å²) in [5, 5.41) is -0.254. The van der Waals surface area contributed by atoms with Crippen LogP contribution >= 0.6 is 27.7 Å². The summed E-state index contributed by atoms with van der Waals surface area (Å²) in [6, 6.07) is 23.4. The van der Waals surface area contributed by atoms with Gasteiger partial charge >= 0.3 is 0 Å². The van der Waals surface area contributed by atoms with Crippen molar-refractivity contribution < 1.29 is 19.1 Å². The van der Waals surface area contributed by atoms with Gasteiger partial charge in [-0.2, -0.15) is 0 Å². The zero-order chi connectivity index (χ0) is 23.9. The second kappa shape index (κ2) is 11.4. The summed E-state index contributed by atoms with van der Waals surface area (Å²) in [6.07, 6.45) is 2.35. The first-order valence-electron chi connectivity index (χ1n) is 11.0. The van der Waals surface area contributed by atoms with Crippen molar-refractivity contribution in [3.8, 4) is 11.5 Å². The summed E-state index contributed by atoms with van der Waals surface area (Å²) in [4.78, 5) is 27.1. The van der Waals surface area contributed by atoms with Crippen LogP contribution in [0.25, 0.3) is 6.08 Å². The predicted octanol–water partition coefficient (Wildman–Crippen LogP) is 6.71. The number of amides is 2. The summed E-state index contributed by atoms with van der Waals surface area (Å²) in [7, 11) is 0. The molecule has 0 unspecified atom stereocenters. The molecule has 0 saturated carbocycles. The summed E-state index contributed by atoms with van der Waals surface area (Å²) in [5.74, 6) is 0.905. The number of carbonyl (C=O) groups excluding carboxylic acids is 2. The van der Waals surface area contributed by atoms with Crippen LogP contribution in [-0.2, 0) is 17.8 Å². The van der Waals surface area contributed by atoms with E-state index in [2.05, 4.69) is 15.9 Å². The van der Waals surface area contributed by atoms with Gasteiger partial charge in [0.2, 0.25) is 0 Å². The van der Waals surface area contributed by atoms with Gasteiger partial charge in [-0.25, -0.2) is 0 Å². The number of rotatable bonds is 9. The Bertz CT molecular complexity index is 1200. The average molecular weight is 538 g/mol. The molecular formula is C27H24BrNO4S. The first-order chi connectivity index (χ1) is 16.5. The van der Waals surface area contributed by atoms with Gasteiger partial charge in [0, 0.05) is 11.0 Å². The number of halogens is 1. The molecule has 0 radical (unpaired) electrons. The minimum atomic E-state index is -0.278. The van der Waals surface area contributed by atoms with Crippen molar-refractivity contribution in [2.24, 2.45) is 0 Å². The predicted molar refractivity (Wildman–Crippen MR) is 139 cm³/mol. The normalized spacial score (nSPS) is 14.6. The Morgan fingerprint density at radius 3 is 2.24 bits per heavy atom. The summed E-state index contributed by atoms with van der Waals surface area (Å²) < 4.78 is 12.5. The molecule has 1 fully saturated rings. The Morgan fingerprint density at radius 2 is 1.56 bits per heavy atom. The number of hydrogen-bond acceptors (Lipinski definition) is 5. The van der Waals surface area contributed by atoms with Gasteiger partial charge in [0.15, 0.2) is 11.5 Å². The highest BCUT2D eigenvalue weighted by Gasteiger charge is 2.34. The number of carbonyl (C=O) groups is 2. The van der Waals surface area contributed by atoms with Gasteiger partial charge < -0.3 is 9.47 Å². The van der Waals surface area contributed by atoms with E-state index < -0.39 is 0 Å². The Labute approximate surface area is 211 Å². The lowest BCUT2D eigenvalue weighted by atomic mass is 10.1. The van der Waals surface area contributed by atoms with Crippen molar-refractivity contribution in [2.45, 2.75) is 20.0 Å². The highest BCUT2D eigenvalue weighted by molar-refractivity contribution is 9.10. The van der Waals surface area contributed by atoms with Crippen LogP contribution in [0.2, 0.25) is 0 Å². The van der Waals surface area contributed by atoms with Gasteiger partial charge in [-0.1, -0.05) is 76.6 Å². The van der Waals surface area contributed by atoms with Crippen molar-refractivity contribution >= 4 is 44.9 Å². The molecule has 0 bridgehead atoms. The average Bonchev–Trinajstić information content (AvgIpc) is 3.12. The van der Waals surface area contributed by atoms with Gasteiger partial charge in [0.25, 0.3) is 11.1 Å². The van der Waals surface area contributed by atoms with E-state index in [0.29, 0.717) is 42.6 Å². The first-order valence-corrected chi connectivity index (χ1v) is 12.6. The molecule has 5 nitrogen and oxygen atoms in total. The van der Waals surface area contributed by atoms with E-state index >= 15 is 0 Å². The number of benzene rings is 3. The lowest BCUT2D eigenvalue weighted by Gasteiger charge is -2.14. The van der Waals surface area contributed by atoms with Gasteiger partial charge in [0.1, 0.15) is 6.61 Å². The molecule has 3 aromatic carbocycles. The van der Waals surface area contributed by atoms with Crippen molar-refractivity contribution in [3.05, 3.63) is 98.9 Å². The SMILES string of the molecule is CCOc1cc(/C=C2\SC(=O)N(CCc3ccccc3)C2=O)c(Br)cc1OCc1ccccc1. The fraction of sp³-hybridized carbons (Fsp3) is 0.185. The van der Waals surface area contributed by atoms with Crippen LogP contribution in [0, 0.1) is 0 Å². The van der Waals surface area contributed by atoms with Crippen LogP contribution in [0.5, 0.6) is 11.5 Å². The quantitative estimate of drug-likeness (QED) is 0.284. The second-order valence-electron chi connectivity index (χ2n) is 7.60. The van der Waals surface area contributed by atoms with Crippen LogP contribution in [0.3, 0.4) is 0 Å². The number of hydrogen-bond donors (Lipinski definition) is 0. The molecule has 34 heavy (non-hydrogen) atoms. The van der Waals surface area contributed by atoms with Crippen molar-refractivity contribution in [1.29, 1.82) is 0 Å². The molecule has 174 valence electrons. The molecule has 1 aliphatic heterocycles. The van der Waals surface area contributed by atoms with E-state index in [1.807, 2.05) is 79.7 Å². The van der Waals surface area contributed by atoms with Crippen LogP contribution in [0.4, 0.5) is 4.79 Å². The lowest BCUT2D eigenvalue weighted by molar-refractivity contribution is -0.122. The molecule has 1 aliphatic rings. The van der Waals surface area contributed by atoms with E-state index in [1.165, 1.54) is 4.90 Å². The fourth-order valence-electron chi connectivity index (χ4n) is 3.50. The monoisotopic (exact) mass is 537 g/mol. The van der Waals surface area contributed by atoms with Crippen LogP contribution in [0.15, 0.2) is 82.2 Å². The molecule has 0 atom stereocenters. The number of imide groups is 1. The van der Waals surface area contributed by atoms with Gasteiger partial charge in [-0.05, 0) is 60.0 Å². The van der Waals surface area contributed by atoms with Gasteiger partial charge in [-0.3, -0.25) is 14.5 Å². The molecule has 0 aliphatic carbocycles. The van der Waals surface area contributed by atoms with Crippen molar-refractivity contribution in [3.63, 3.8) is 0 Å². The molecule has 0 N–H and O–H groups in total. The largest absolute Gasteiger partial charge is 0.490 e. The standard InChI is InChI=1S/C27H24BrNO4S/c1-2-32-23-15-21(22(28)17-24(23)33-18-20-11-7-4-8-12-20)16-25-26(30)29(27(31)34-25)14-13-19-9-5-3-6-10-19/h3-12,15-17H,2,13-14,18H2,1H3/b25-16-. The smallest absolute Gasteiger partial charge is 0.293 e. The molecule has 3 aromatic rings. The topological polar surface area (TPSA) is 55.8 Å². The molecule has 4 rings (SSSR count). The maximum atomic E-state index is 12.9. The minimum Gasteiger partial charge on any atom is -0.490 e. The van der Waals surface area contributed by atoms with Crippen LogP contribution in [-0.4, -0.2) is 29.2 Å². The molecule has 1 heterocycles. The third-order valence-corrected chi connectivity index (χ3v) is 6.82. The van der Waals surface area contributed by atoms with E-state index in [1.54, 1.807) is 6.08 Å². The third kappa shape index (κ3) is 5.90. The second-order valence-corrected chi connectivity index (χ2v) is 9.44. The van der Waals surface area contributed by atoms with Gasteiger partial charge in [0.05, 0.1) is 11.5 Å². The summed E-state index contributed by atoms with van der Waals surface area (Å²) in [5.41, 5.74) is 2.87. The molecule has 2 amide bonds. The van der Waals surface area contributed by atoms with Gasteiger partial charge in [-0.15, -0.1) is 0 Å². The summed E-state index contributed by atoms with van der Waals surface area (Å²) in [6.45, 7) is 3.14. The Kier molecular flexibility index (Phi) is 8.08. The Hall–Kier alpha value is -3.03. The number of thioether (sulfide) groups is 1. The first kappa shape index (κ1) is 24.1. The summed E-state index contributed by atoms with van der Waals surface area (Å²) >= 11 is 4.54. The molecule has 0 spiro atoms. The van der Waals surface area contributed by atoms with E-state index in [9.17, 15) is 9.59 Å².